The van der Waals surface area contributed by atoms with Crippen LogP contribution in [0.3, 0.4) is 0 Å². The van der Waals surface area contributed by atoms with Gasteiger partial charge in [0.05, 0.1) is 0 Å². The van der Waals surface area contributed by atoms with Gasteiger partial charge in [-0.2, -0.15) is 0 Å². The van der Waals surface area contributed by atoms with Gasteiger partial charge in [-0.25, -0.2) is 0 Å². The Balaban J connectivity index is 1.51. The van der Waals surface area contributed by atoms with Crippen LogP contribution in [0.1, 0.15) is 112 Å². The highest BCUT2D eigenvalue weighted by Crippen LogP contribution is 2.67. The Bertz CT molecular complexity index is 645. The Kier molecular flexibility index (Phi) is 6.09. The van der Waals surface area contributed by atoms with Gasteiger partial charge in [0.15, 0.2) is 5.78 Å². The lowest BCUT2D eigenvalue weighted by Crippen LogP contribution is -2.51. The number of carbonyl (C=O) groups excluding carboxylic acids is 1. The van der Waals surface area contributed by atoms with Gasteiger partial charge in [-0.15, -0.1) is 0 Å². The molecule has 0 bridgehead atoms. The van der Waals surface area contributed by atoms with Crippen molar-refractivity contribution in [2.45, 2.75) is 112 Å². The van der Waals surface area contributed by atoms with E-state index in [0.717, 1.165) is 48.3 Å². The molecule has 0 radical (unpaired) electrons. The van der Waals surface area contributed by atoms with Crippen LogP contribution in [-0.4, -0.2) is 5.78 Å². The van der Waals surface area contributed by atoms with Crippen molar-refractivity contribution in [2.75, 3.05) is 0 Å². The van der Waals surface area contributed by atoms with Gasteiger partial charge in [-0.1, -0.05) is 65.9 Å². The summed E-state index contributed by atoms with van der Waals surface area (Å²) in [6, 6.07) is 0. The molecule has 0 aromatic heterocycles. The van der Waals surface area contributed by atoms with E-state index in [2.05, 4.69) is 40.7 Å². The maximum absolute atomic E-state index is 12.1. The van der Waals surface area contributed by atoms with Gasteiger partial charge in [-0.3, -0.25) is 4.79 Å². The molecule has 7 atom stereocenters. The number of carbonyl (C=O) groups is 1. The normalized spacial score (nSPS) is 42.8. The first-order valence-electron chi connectivity index (χ1n) is 13.0. The fraction of sp³-hybridized carbons (Fsp3) is 0.893. The molecule has 3 saturated carbocycles. The second-order valence-corrected chi connectivity index (χ2v) is 12.2. The van der Waals surface area contributed by atoms with E-state index in [1.54, 1.807) is 0 Å². The van der Waals surface area contributed by atoms with Gasteiger partial charge >= 0.3 is 0 Å². The number of hydrogen-bond donors (Lipinski definition) is 0. The number of rotatable bonds is 6. The second-order valence-electron chi connectivity index (χ2n) is 12.2. The van der Waals surface area contributed by atoms with Crippen LogP contribution in [0.2, 0.25) is 0 Å². The third-order valence-electron chi connectivity index (χ3n) is 10.5. The van der Waals surface area contributed by atoms with E-state index < -0.39 is 0 Å². The number of ketones is 1. The molecule has 1 nitrogen and oxygen atoms in total. The summed E-state index contributed by atoms with van der Waals surface area (Å²) in [5, 5.41) is 0. The first-order valence-corrected chi connectivity index (χ1v) is 13.0. The number of allylic oxidation sites excluding steroid dienone is 1. The third-order valence-corrected chi connectivity index (χ3v) is 10.5. The van der Waals surface area contributed by atoms with Gasteiger partial charge in [-0.05, 0) is 97.4 Å². The maximum atomic E-state index is 12.1. The van der Waals surface area contributed by atoms with Crippen LogP contribution < -0.4 is 0 Å². The van der Waals surface area contributed by atoms with Gasteiger partial charge < -0.3 is 0 Å². The largest absolute Gasteiger partial charge is 0.295 e. The lowest BCUT2D eigenvalue weighted by molar-refractivity contribution is -0.117. The maximum Gasteiger partial charge on any atom is 0.155 e. The number of fused-ring (bicyclic) bond motifs is 5. The predicted octanol–water partition coefficient (Wildman–Crippen LogP) is 7.99. The topological polar surface area (TPSA) is 17.1 Å². The average molecular weight is 399 g/mol. The van der Waals surface area contributed by atoms with Crippen LogP contribution in [0.5, 0.6) is 0 Å². The molecule has 4 unspecified atom stereocenters. The zero-order valence-corrected chi connectivity index (χ0v) is 19.9. The van der Waals surface area contributed by atoms with Crippen molar-refractivity contribution in [3.05, 3.63) is 11.6 Å². The Morgan fingerprint density at radius 1 is 1.00 bits per heavy atom. The Morgan fingerprint density at radius 3 is 2.52 bits per heavy atom. The summed E-state index contributed by atoms with van der Waals surface area (Å²) < 4.78 is 0. The molecule has 0 spiro atoms. The minimum absolute atomic E-state index is 0.331. The molecule has 4 aliphatic carbocycles. The molecule has 1 heteroatoms. The fourth-order valence-corrected chi connectivity index (χ4v) is 8.85. The van der Waals surface area contributed by atoms with Crippen LogP contribution in [0, 0.1) is 46.3 Å². The predicted molar refractivity (Wildman–Crippen MR) is 123 cm³/mol. The fourth-order valence-electron chi connectivity index (χ4n) is 8.85. The SMILES string of the molecule is CC[C@@H](CCCC(C)C)C1CCC2C3CCC4=CC(=O)CC[C@]4(C)C3CC[C@@]21C. The lowest BCUT2D eigenvalue weighted by atomic mass is 9.46. The van der Waals surface area contributed by atoms with E-state index in [4.69, 9.17) is 0 Å². The van der Waals surface area contributed by atoms with Gasteiger partial charge in [0, 0.05) is 6.42 Å². The summed E-state index contributed by atoms with van der Waals surface area (Å²) >= 11 is 0. The van der Waals surface area contributed by atoms with Crippen LogP contribution in [-0.2, 0) is 4.79 Å². The summed E-state index contributed by atoms with van der Waals surface area (Å²) in [5.74, 6) is 5.86. The highest BCUT2D eigenvalue weighted by atomic mass is 16.1. The van der Waals surface area contributed by atoms with E-state index in [9.17, 15) is 4.79 Å². The molecule has 3 fully saturated rings. The third kappa shape index (κ3) is 3.67. The molecular weight excluding hydrogens is 352 g/mol. The molecule has 0 saturated heterocycles. The summed E-state index contributed by atoms with van der Waals surface area (Å²) in [7, 11) is 0. The highest BCUT2D eigenvalue weighted by Gasteiger charge is 2.59. The van der Waals surface area contributed by atoms with Crippen molar-refractivity contribution in [1.29, 1.82) is 0 Å². The lowest BCUT2D eigenvalue weighted by Gasteiger charge is -2.58. The van der Waals surface area contributed by atoms with Crippen molar-refractivity contribution in [3.8, 4) is 0 Å². The van der Waals surface area contributed by atoms with Crippen LogP contribution in [0.25, 0.3) is 0 Å². The first-order chi connectivity index (χ1) is 13.8. The van der Waals surface area contributed by atoms with Gasteiger partial charge in [0.2, 0.25) is 0 Å². The molecule has 164 valence electrons. The molecule has 0 N–H and O–H groups in total. The second kappa shape index (κ2) is 8.16. The van der Waals surface area contributed by atoms with E-state index in [-0.39, 0.29) is 0 Å². The standard InChI is InChI=1S/C28H46O/c1-6-20(9-7-8-19(2)3)24-12-13-25-23-11-10-21-18-22(29)14-16-27(21,4)26(23)15-17-28(24,25)5/h18-20,23-26H,6-17H2,1-5H3/t20-,23?,24?,25?,26?,27-,28+/m0/s1. The van der Waals surface area contributed by atoms with Crippen molar-refractivity contribution in [2.24, 2.45) is 46.3 Å². The van der Waals surface area contributed by atoms with Crippen LogP contribution >= 0.6 is 0 Å². The van der Waals surface area contributed by atoms with Crippen molar-refractivity contribution < 1.29 is 4.79 Å². The monoisotopic (exact) mass is 398 g/mol. The summed E-state index contributed by atoms with van der Waals surface area (Å²) in [4.78, 5) is 12.1. The number of hydrogen-bond acceptors (Lipinski definition) is 1. The Labute approximate surface area is 180 Å². The molecule has 4 aliphatic rings. The molecule has 0 heterocycles. The van der Waals surface area contributed by atoms with Crippen molar-refractivity contribution >= 4 is 5.78 Å². The smallest absolute Gasteiger partial charge is 0.155 e. The Hall–Kier alpha value is -0.590. The van der Waals surface area contributed by atoms with Gasteiger partial charge in [0.25, 0.3) is 0 Å². The summed E-state index contributed by atoms with van der Waals surface area (Å²) in [5.41, 5.74) is 2.44. The zero-order valence-electron chi connectivity index (χ0n) is 19.9. The molecule has 0 aliphatic heterocycles. The molecule has 0 amide bonds. The molecule has 29 heavy (non-hydrogen) atoms. The van der Waals surface area contributed by atoms with Crippen molar-refractivity contribution in [3.63, 3.8) is 0 Å². The van der Waals surface area contributed by atoms with Crippen molar-refractivity contribution in [1.82, 2.24) is 0 Å². The van der Waals surface area contributed by atoms with Crippen LogP contribution in [0.15, 0.2) is 11.6 Å². The summed E-state index contributed by atoms with van der Waals surface area (Å²) in [6.45, 7) is 12.4. The van der Waals surface area contributed by atoms with E-state index >= 15 is 0 Å². The first kappa shape index (κ1) is 21.6. The van der Waals surface area contributed by atoms with Crippen LogP contribution in [0.4, 0.5) is 0 Å². The average Bonchev–Trinajstić information content (AvgIpc) is 3.03. The minimum Gasteiger partial charge on any atom is -0.295 e. The summed E-state index contributed by atoms with van der Waals surface area (Å²) in [6.07, 6.45) is 18.0. The molecular formula is C28H46O. The minimum atomic E-state index is 0.331. The molecule has 4 rings (SSSR count). The quantitative estimate of drug-likeness (QED) is 0.443. The van der Waals surface area contributed by atoms with Gasteiger partial charge in [0.1, 0.15) is 0 Å². The Morgan fingerprint density at radius 2 is 1.79 bits per heavy atom. The highest BCUT2D eigenvalue weighted by molar-refractivity contribution is 5.91. The van der Waals surface area contributed by atoms with E-state index in [1.165, 1.54) is 69.8 Å². The molecule has 0 aromatic carbocycles. The molecule has 0 aromatic rings. The van der Waals surface area contributed by atoms with E-state index in [0.29, 0.717) is 16.6 Å². The van der Waals surface area contributed by atoms with E-state index in [1.807, 2.05) is 0 Å². The zero-order chi connectivity index (χ0) is 20.8.